The number of carbonyl (C=O) groups excluding carboxylic acids is 1. The Balaban J connectivity index is 2.24. The second-order valence-electron chi connectivity index (χ2n) is 5.77. The van der Waals surface area contributed by atoms with Crippen LogP contribution in [0.25, 0.3) is 0 Å². The van der Waals surface area contributed by atoms with Crippen LogP contribution in [-0.4, -0.2) is 42.0 Å². The van der Waals surface area contributed by atoms with Crippen molar-refractivity contribution in [1.82, 2.24) is 10.2 Å². The Hall–Kier alpha value is -0.610. The third-order valence-corrected chi connectivity index (χ3v) is 3.69. The second kappa shape index (κ2) is 5.83. The van der Waals surface area contributed by atoms with E-state index in [1.807, 2.05) is 6.92 Å². The van der Waals surface area contributed by atoms with E-state index in [1.165, 1.54) is 0 Å². The Morgan fingerprint density at radius 2 is 2.00 bits per heavy atom. The zero-order valence-corrected chi connectivity index (χ0v) is 11.6. The van der Waals surface area contributed by atoms with Gasteiger partial charge >= 0.3 is 0 Å². The average Bonchev–Trinajstić information content (AvgIpc) is 2.23. The summed E-state index contributed by atoms with van der Waals surface area (Å²) >= 11 is 0. The molecule has 4 nitrogen and oxygen atoms in total. The molecule has 0 aromatic carbocycles. The van der Waals surface area contributed by atoms with Crippen LogP contribution in [0.4, 0.5) is 0 Å². The molecule has 1 heterocycles. The highest BCUT2D eigenvalue weighted by Gasteiger charge is 2.41. The molecule has 1 fully saturated rings. The molecule has 0 radical (unpaired) electrons. The van der Waals surface area contributed by atoms with E-state index < -0.39 is 0 Å². The summed E-state index contributed by atoms with van der Waals surface area (Å²) in [5, 5.41) is 2.99. The molecule has 3 N–H and O–H groups in total. The summed E-state index contributed by atoms with van der Waals surface area (Å²) in [4.78, 5) is 14.0. The minimum atomic E-state index is -0.0630. The number of nitrogens with one attached hydrogen (secondary N) is 1. The van der Waals surface area contributed by atoms with E-state index in [1.54, 1.807) is 0 Å². The molecular weight excluding hydrogens is 214 g/mol. The number of amides is 1. The third-order valence-electron chi connectivity index (χ3n) is 3.69. The molecule has 0 aromatic heterocycles. The normalized spacial score (nSPS) is 21.1. The summed E-state index contributed by atoms with van der Waals surface area (Å²) in [5.74, 6) is 0.759. The first-order valence-electron chi connectivity index (χ1n) is 6.68. The van der Waals surface area contributed by atoms with Gasteiger partial charge in [-0.15, -0.1) is 0 Å². The maximum atomic E-state index is 11.9. The Kier molecular flexibility index (Phi) is 4.95. The molecule has 1 amide bonds. The fraction of sp³-hybridized carbons (Fsp3) is 0.923. The van der Waals surface area contributed by atoms with Crippen molar-refractivity contribution in [3.8, 4) is 0 Å². The van der Waals surface area contributed by atoms with Gasteiger partial charge in [0.1, 0.15) is 0 Å². The summed E-state index contributed by atoms with van der Waals surface area (Å²) < 4.78 is 0. The van der Waals surface area contributed by atoms with Crippen molar-refractivity contribution in [3.63, 3.8) is 0 Å². The maximum Gasteiger partial charge on any atom is 0.237 e. The van der Waals surface area contributed by atoms with Crippen molar-refractivity contribution in [2.45, 2.75) is 52.1 Å². The molecule has 4 heteroatoms. The lowest BCUT2D eigenvalue weighted by atomic mass is 9.87. The number of hydrogen-bond donors (Lipinski definition) is 2. The molecule has 0 saturated carbocycles. The number of nitrogens with zero attached hydrogens (tertiary/aromatic N) is 1. The van der Waals surface area contributed by atoms with Gasteiger partial charge in [-0.3, -0.25) is 9.69 Å². The van der Waals surface area contributed by atoms with Crippen molar-refractivity contribution >= 4 is 5.91 Å². The van der Waals surface area contributed by atoms with Crippen molar-refractivity contribution in [2.75, 3.05) is 19.6 Å². The second-order valence-corrected chi connectivity index (χ2v) is 5.77. The highest BCUT2D eigenvalue weighted by Crippen LogP contribution is 2.23. The lowest BCUT2D eigenvalue weighted by Crippen LogP contribution is -2.70. The Labute approximate surface area is 105 Å². The Bertz CT molecular complexity index is 259. The van der Waals surface area contributed by atoms with Crippen LogP contribution < -0.4 is 11.1 Å². The van der Waals surface area contributed by atoms with Gasteiger partial charge in [-0.1, -0.05) is 20.8 Å². The predicted octanol–water partition coefficient (Wildman–Crippen LogP) is 0.960. The molecule has 17 heavy (non-hydrogen) atoms. The molecule has 1 atom stereocenters. The zero-order valence-electron chi connectivity index (χ0n) is 11.6. The summed E-state index contributed by atoms with van der Waals surface area (Å²) in [6.07, 6.45) is 2.01. The Morgan fingerprint density at radius 3 is 2.47 bits per heavy atom. The van der Waals surface area contributed by atoms with Gasteiger partial charge in [0.15, 0.2) is 0 Å². The van der Waals surface area contributed by atoms with Gasteiger partial charge < -0.3 is 11.1 Å². The van der Waals surface area contributed by atoms with E-state index in [4.69, 9.17) is 5.73 Å². The molecule has 1 rings (SSSR count). The molecular formula is C13H27N3O. The molecule has 0 spiro atoms. The number of rotatable bonds is 6. The Morgan fingerprint density at radius 1 is 1.41 bits per heavy atom. The molecule has 0 aliphatic carbocycles. The van der Waals surface area contributed by atoms with Crippen molar-refractivity contribution in [3.05, 3.63) is 0 Å². The van der Waals surface area contributed by atoms with Crippen LogP contribution in [0, 0.1) is 5.92 Å². The molecule has 1 aliphatic rings. The number of likely N-dealkylation sites (tertiary alicyclic amines) is 1. The fourth-order valence-electron chi connectivity index (χ4n) is 2.06. The van der Waals surface area contributed by atoms with Crippen LogP contribution in [0.2, 0.25) is 0 Å². The molecule has 1 unspecified atom stereocenters. The highest BCUT2D eigenvalue weighted by molar-refractivity contribution is 5.81. The third kappa shape index (κ3) is 3.96. The van der Waals surface area contributed by atoms with Crippen molar-refractivity contribution in [2.24, 2.45) is 11.7 Å². The number of nitrogens with two attached hydrogens (primary N) is 1. The number of carbonyl (C=O) groups is 1. The zero-order chi connectivity index (χ0) is 13.1. The van der Waals surface area contributed by atoms with E-state index in [9.17, 15) is 4.79 Å². The molecule has 1 saturated heterocycles. The van der Waals surface area contributed by atoms with E-state index in [-0.39, 0.29) is 17.5 Å². The van der Waals surface area contributed by atoms with E-state index >= 15 is 0 Å². The van der Waals surface area contributed by atoms with Crippen LogP contribution in [0.3, 0.4) is 0 Å². The summed E-state index contributed by atoms with van der Waals surface area (Å²) in [6.45, 7) is 10.8. The topological polar surface area (TPSA) is 58.4 Å². The first-order chi connectivity index (χ1) is 7.88. The monoisotopic (exact) mass is 241 g/mol. The van der Waals surface area contributed by atoms with Gasteiger partial charge in [-0.25, -0.2) is 0 Å². The van der Waals surface area contributed by atoms with Gasteiger partial charge in [0, 0.05) is 25.2 Å². The molecule has 1 aliphatic heterocycles. The number of hydrogen-bond acceptors (Lipinski definition) is 3. The highest BCUT2D eigenvalue weighted by atomic mass is 16.2. The van der Waals surface area contributed by atoms with E-state index in [0.29, 0.717) is 5.92 Å². The smallest absolute Gasteiger partial charge is 0.237 e. The first kappa shape index (κ1) is 14.5. The molecule has 0 bridgehead atoms. The minimum Gasteiger partial charge on any atom is -0.355 e. The van der Waals surface area contributed by atoms with Gasteiger partial charge in [-0.05, 0) is 25.7 Å². The SMILES string of the molecule is CCC1(N)CN(C(C)C(=O)NCCC(C)C)C1. The summed E-state index contributed by atoms with van der Waals surface area (Å²) in [6, 6.07) is -0.0506. The van der Waals surface area contributed by atoms with Crippen LogP contribution in [0.5, 0.6) is 0 Å². The summed E-state index contributed by atoms with van der Waals surface area (Å²) in [5.41, 5.74) is 6.03. The van der Waals surface area contributed by atoms with Crippen LogP contribution in [-0.2, 0) is 4.79 Å². The van der Waals surface area contributed by atoms with Gasteiger partial charge in [-0.2, -0.15) is 0 Å². The summed E-state index contributed by atoms with van der Waals surface area (Å²) in [7, 11) is 0. The standard InChI is InChI=1S/C13H27N3O/c1-5-13(14)8-16(9-13)11(4)12(17)15-7-6-10(2)3/h10-11H,5-9,14H2,1-4H3,(H,15,17). The minimum absolute atomic E-state index is 0.0506. The first-order valence-corrected chi connectivity index (χ1v) is 6.68. The van der Waals surface area contributed by atoms with Crippen LogP contribution in [0.15, 0.2) is 0 Å². The molecule has 0 aromatic rings. The van der Waals surface area contributed by atoms with E-state index in [2.05, 4.69) is 31.0 Å². The van der Waals surface area contributed by atoms with Gasteiger partial charge in [0.25, 0.3) is 0 Å². The maximum absolute atomic E-state index is 11.9. The predicted molar refractivity (Wildman–Crippen MR) is 70.7 cm³/mol. The quantitative estimate of drug-likeness (QED) is 0.728. The lowest BCUT2D eigenvalue weighted by molar-refractivity contribution is -0.129. The average molecular weight is 241 g/mol. The van der Waals surface area contributed by atoms with Crippen molar-refractivity contribution in [1.29, 1.82) is 0 Å². The lowest BCUT2D eigenvalue weighted by Gasteiger charge is -2.49. The van der Waals surface area contributed by atoms with Gasteiger partial charge in [0.2, 0.25) is 5.91 Å². The van der Waals surface area contributed by atoms with Crippen LogP contribution >= 0.6 is 0 Å². The van der Waals surface area contributed by atoms with Gasteiger partial charge in [0.05, 0.1) is 6.04 Å². The molecule has 100 valence electrons. The van der Waals surface area contributed by atoms with Crippen molar-refractivity contribution < 1.29 is 4.79 Å². The van der Waals surface area contributed by atoms with E-state index in [0.717, 1.165) is 32.5 Å². The van der Waals surface area contributed by atoms with Crippen LogP contribution in [0.1, 0.15) is 40.5 Å². The fourth-order valence-corrected chi connectivity index (χ4v) is 2.06. The largest absolute Gasteiger partial charge is 0.355 e.